The van der Waals surface area contributed by atoms with E-state index in [1.54, 1.807) is 7.11 Å². The SMILES string of the molecule is COc1ccc(-c2cc(C)nc([C@H]3CCCN3C(=O)[C@@H]3CC(=O)Nc4ccccc43)c2)cc1. The molecule has 3 heterocycles. The lowest BCUT2D eigenvalue weighted by atomic mass is 9.89. The lowest BCUT2D eigenvalue weighted by Gasteiger charge is -2.31. The van der Waals surface area contributed by atoms with Gasteiger partial charge in [-0.3, -0.25) is 14.6 Å². The molecule has 1 saturated heterocycles. The summed E-state index contributed by atoms with van der Waals surface area (Å²) in [6, 6.07) is 19.6. The molecule has 6 heteroatoms. The van der Waals surface area contributed by atoms with Crippen LogP contribution in [-0.2, 0) is 9.59 Å². The number of amides is 2. The first-order valence-electron chi connectivity index (χ1n) is 11.4. The van der Waals surface area contributed by atoms with Crippen LogP contribution in [0.4, 0.5) is 5.69 Å². The topological polar surface area (TPSA) is 71.5 Å². The third kappa shape index (κ3) is 4.09. The average Bonchev–Trinajstić information content (AvgIpc) is 3.33. The van der Waals surface area contributed by atoms with Gasteiger partial charge in [0.05, 0.1) is 24.8 Å². The molecule has 1 aromatic heterocycles. The summed E-state index contributed by atoms with van der Waals surface area (Å²) in [4.78, 5) is 32.7. The number of nitrogens with zero attached hydrogens (tertiary/aromatic N) is 2. The van der Waals surface area contributed by atoms with Crippen LogP contribution in [0.2, 0.25) is 0 Å². The van der Waals surface area contributed by atoms with Crippen molar-refractivity contribution in [2.45, 2.75) is 38.1 Å². The summed E-state index contributed by atoms with van der Waals surface area (Å²) in [6.07, 6.45) is 1.96. The number of hydrogen-bond acceptors (Lipinski definition) is 4. The van der Waals surface area contributed by atoms with Crippen LogP contribution in [0.15, 0.2) is 60.7 Å². The number of nitrogens with one attached hydrogen (secondary N) is 1. The van der Waals surface area contributed by atoms with E-state index in [1.807, 2.05) is 60.4 Å². The third-order valence-electron chi connectivity index (χ3n) is 6.57. The first-order chi connectivity index (χ1) is 16.0. The fourth-order valence-electron chi connectivity index (χ4n) is 4.98. The Bertz CT molecular complexity index is 1210. The van der Waals surface area contributed by atoms with Crippen LogP contribution in [-0.4, -0.2) is 35.4 Å². The van der Waals surface area contributed by atoms with Gasteiger partial charge in [0, 0.05) is 24.3 Å². The van der Waals surface area contributed by atoms with E-state index in [2.05, 4.69) is 17.4 Å². The molecular formula is C27H27N3O3. The van der Waals surface area contributed by atoms with Gasteiger partial charge in [0.2, 0.25) is 11.8 Å². The molecular weight excluding hydrogens is 414 g/mol. The number of aryl methyl sites for hydroxylation is 1. The Morgan fingerprint density at radius 3 is 2.67 bits per heavy atom. The highest BCUT2D eigenvalue weighted by molar-refractivity contribution is 6.01. The maximum Gasteiger partial charge on any atom is 0.231 e. The molecule has 6 nitrogen and oxygen atoms in total. The second-order valence-electron chi connectivity index (χ2n) is 8.73. The van der Waals surface area contributed by atoms with Crippen LogP contribution >= 0.6 is 0 Å². The summed E-state index contributed by atoms with van der Waals surface area (Å²) < 4.78 is 5.28. The Morgan fingerprint density at radius 1 is 1.09 bits per heavy atom. The van der Waals surface area contributed by atoms with Crippen molar-refractivity contribution in [3.05, 3.63) is 77.6 Å². The normalized spacial score (nSPS) is 19.7. The van der Waals surface area contributed by atoms with Crippen molar-refractivity contribution in [1.82, 2.24) is 9.88 Å². The second kappa shape index (κ2) is 8.70. The molecule has 0 radical (unpaired) electrons. The average molecular weight is 442 g/mol. The van der Waals surface area contributed by atoms with E-state index < -0.39 is 5.92 Å². The van der Waals surface area contributed by atoms with Crippen molar-refractivity contribution < 1.29 is 14.3 Å². The number of anilines is 1. The summed E-state index contributed by atoms with van der Waals surface area (Å²) in [5, 5.41) is 2.89. The Balaban J connectivity index is 1.46. The predicted octanol–water partition coefficient (Wildman–Crippen LogP) is 4.86. The van der Waals surface area contributed by atoms with Gasteiger partial charge in [-0.15, -0.1) is 0 Å². The van der Waals surface area contributed by atoms with Gasteiger partial charge in [0.15, 0.2) is 0 Å². The Kier molecular flexibility index (Phi) is 5.58. The van der Waals surface area contributed by atoms with E-state index in [-0.39, 0.29) is 24.3 Å². The molecule has 0 unspecified atom stereocenters. The fourth-order valence-corrected chi connectivity index (χ4v) is 4.98. The quantitative estimate of drug-likeness (QED) is 0.628. The van der Waals surface area contributed by atoms with E-state index in [1.165, 1.54) is 0 Å². The van der Waals surface area contributed by atoms with Gasteiger partial charge in [0.25, 0.3) is 0 Å². The van der Waals surface area contributed by atoms with Gasteiger partial charge in [0.1, 0.15) is 5.75 Å². The number of hydrogen-bond donors (Lipinski definition) is 1. The van der Waals surface area contributed by atoms with Gasteiger partial charge in [-0.25, -0.2) is 0 Å². The zero-order valence-corrected chi connectivity index (χ0v) is 18.9. The molecule has 2 aromatic carbocycles. The summed E-state index contributed by atoms with van der Waals surface area (Å²) in [5.41, 5.74) is 5.60. The van der Waals surface area contributed by atoms with Gasteiger partial charge in [-0.05, 0) is 66.8 Å². The molecule has 3 aromatic rings. The predicted molar refractivity (Wildman–Crippen MR) is 127 cm³/mol. The highest BCUT2D eigenvalue weighted by Crippen LogP contribution is 2.39. The van der Waals surface area contributed by atoms with Crippen LogP contribution in [0.25, 0.3) is 11.1 Å². The van der Waals surface area contributed by atoms with Crippen molar-refractivity contribution in [2.24, 2.45) is 0 Å². The van der Waals surface area contributed by atoms with Gasteiger partial charge in [-0.2, -0.15) is 0 Å². The number of aromatic nitrogens is 1. The minimum atomic E-state index is -0.457. The number of likely N-dealkylation sites (tertiary alicyclic amines) is 1. The Morgan fingerprint density at radius 2 is 1.88 bits per heavy atom. The van der Waals surface area contributed by atoms with Crippen LogP contribution < -0.4 is 10.1 Å². The number of carbonyl (C=O) groups excluding carboxylic acids is 2. The molecule has 2 atom stereocenters. The molecule has 0 spiro atoms. The van der Waals surface area contributed by atoms with Gasteiger partial charge < -0.3 is 15.0 Å². The highest BCUT2D eigenvalue weighted by atomic mass is 16.5. The lowest BCUT2D eigenvalue weighted by molar-refractivity contribution is -0.135. The first kappa shape index (κ1) is 21.2. The molecule has 5 rings (SSSR count). The molecule has 1 N–H and O–H groups in total. The molecule has 2 aliphatic heterocycles. The van der Waals surface area contributed by atoms with Crippen molar-refractivity contribution >= 4 is 17.5 Å². The van der Waals surface area contributed by atoms with Crippen molar-refractivity contribution in [3.8, 4) is 16.9 Å². The van der Waals surface area contributed by atoms with E-state index in [9.17, 15) is 9.59 Å². The number of ether oxygens (including phenoxy) is 1. The number of carbonyl (C=O) groups is 2. The molecule has 168 valence electrons. The number of benzene rings is 2. The van der Waals surface area contributed by atoms with Crippen LogP contribution in [0, 0.1) is 6.92 Å². The maximum atomic E-state index is 13.7. The van der Waals surface area contributed by atoms with Crippen molar-refractivity contribution in [1.29, 1.82) is 0 Å². The van der Waals surface area contributed by atoms with Gasteiger partial charge in [-0.1, -0.05) is 30.3 Å². The van der Waals surface area contributed by atoms with E-state index in [0.717, 1.165) is 52.4 Å². The monoisotopic (exact) mass is 441 g/mol. The number of rotatable bonds is 4. The maximum absolute atomic E-state index is 13.7. The summed E-state index contributed by atoms with van der Waals surface area (Å²) in [7, 11) is 1.66. The minimum Gasteiger partial charge on any atom is -0.497 e. The van der Waals surface area contributed by atoms with Crippen molar-refractivity contribution in [3.63, 3.8) is 0 Å². The van der Waals surface area contributed by atoms with E-state index in [4.69, 9.17) is 9.72 Å². The summed E-state index contributed by atoms with van der Waals surface area (Å²) in [5.74, 6) is 0.253. The number of pyridine rings is 1. The smallest absolute Gasteiger partial charge is 0.231 e. The second-order valence-corrected chi connectivity index (χ2v) is 8.73. The highest BCUT2D eigenvalue weighted by Gasteiger charge is 2.38. The minimum absolute atomic E-state index is 0.00843. The van der Waals surface area contributed by atoms with E-state index in [0.29, 0.717) is 6.54 Å². The van der Waals surface area contributed by atoms with E-state index >= 15 is 0 Å². The molecule has 2 aliphatic rings. The molecule has 2 amide bonds. The van der Waals surface area contributed by atoms with Crippen molar-refractivity contribution in [2.75, 3.05) is 19.0 Å². The number of methoxy groups -OCH3 is 1. The molecule has 0 bridgehead atoms. The van der Waals surface area contributed by atoms with Gasteiger partial charge >= 0.3 is 0 Å². The Hall–Kier alpha value is -3.67. The lowest BCUT2D eigenvalue weighted by Crippen LogP contribution is -2.38. The first-order valence-corrected chi connectivity index (χ1v) is 11.4. The largest absolute Gasteiger partial charge is 0.497 e. The zero-order valence-electron chi connectivity index (χ0n) is 18.9. The molecule has 33 heavy (non-hydrogen) atoms. The molecule has 1 fully saturated rings. The number of para-hydroxylation sites is 1. The fraction of sp³-hybridized carbons (Fsp3) is 0.296. The van der Waals surface area contributed by atoms with Crippen LogP contribution in [0.5, 0.6) is 5.75 Å². The standard InChI is InChI=1S/C27H27N3O3/c1-17-14-19(18-9-11-20(33-2)12-10-18)15-24(28-17)25-8-5-13-30(25)27(32)22-16-26(31)29-23-7-4-3-6-21(22)23/h3-4,6-7,9-12,14-15,22,25H,5,8,13,16H2,1-2H3,(H,29,31)/t22-,25-/m1/s1. The summed E-state index contributed by atoms with van der Waals surface area (Å²) >= 11 is 0. The Labute approximate surface area is 193 Å². The molecule has 0 saturated carbocycles. The summed E-state index contributed by atoms with van der Waals surface area (Å²) in [6.45, 7) is 2.66. The molecule has 0 aliphatic carbocycles. The number of fused-ring (bicyclic) bond motifs is 1. The zero-order chi connectivity index (χ0) is 22.9. The third-order valence-corrected chi connectivity index (χ3v) is 6.57. The van der Waals surface area contributed by atoms with Crippen LogP contribution in [0.1, 0.15) is 48.2 Å². The van der Waals surface area contributed by atoms with Crippen LogP contribution in [0.3, 0.4) is 0 Å².